The highest BCUT2D eigenvalue weighted by Gasteiger charge is 2.33. The van der Waals surface area contributed by atoms with Crippen LogP contribution < -0.4 is 0 Å². The zero-order valence-electron chi connectivity index (χ0n) is 8.38. The van der Waals surface area contributed by atoms with E-state index in [1.165, 1.54) is 11.2 Å². The van der Waals surface area contributed by atoms with Gasteiger partial charge in [0.15, 0.2) is 0 Å². The van der Waals surface area contributed by atoms with E-state index in [0.717, 1.165) is 0 Å². The molecule has 1 aromatic rings. The van der Waals surface area contributed by atoms with Crippen LogP contribution in [0.5, 0.6) is 0 Å². The van der Waals surface area contributed by atoms with Gasteiger partial charge in [0.25, 0.3) is 5.91 Å². The van der Waals surface area contributed by atoms with Crippen molar-refractivity contribution in [1.82, 2.24) is 4.90 Å². The topological polar surface area (TPSA) is 73.9 Å². The SMILES string of the molecule is Cc1cc(C(=O)N2C[C@@H](O)[C@@H](O)C2)co1. The summed E-state index contributed by atoms with van der Waals surface area (Å²) in [6.07, 6.45) is -0.307. The first-order valence-electron chi connectivity index (χ1n) is 4.78. The number of furan rings is 1. The van der Waals surface area contributed by atoms with Crippen molar-refractivity contribution in [3.05, 3.63) is 23.7 Å². The van der Waals surface area contributed by atoms with Crippen LogP contribution in [0, 0.1) is 6.92 Å². The Kier molecular flexibility index (Phi) is 2.50. The number of aliphatic hydroxyl groups excluding tert-OH is 2. The Morgan fingerprint density at radius 1 is 1.47 bits per heavy atom. The first-order valence-corrected chi connectivity index (χ1v) is 4.78. The molecule has 1 aliphatic heterocycles. The van der Waals surface area contributed by atoms with Crippen LogP contribution in [0.2, 0.25) is 0 Å². The van der Waals surface area contributed by atoms with E-state index in [-0.39, 0.29) is 19.0 Å². The number of hydrogen-bond acceptors (Lipinski definition) is 4. The molecule has 0 aliphatic carbocycles. The first kappa shape index (κ1) is 10.2. The van der Waals surface area contributed by atoms with Gasteiger partial charge in [0.1, 0.15) is 12.0 Å². The van der Waals surface area contributed by atoms with E-state index in [0.29, 0.717) is 11.3 Å². The number of amides is 1. The van der Waals surface area contributed by atoms with Crippen LogP contribution in [0.1, 0.15) is 16.1 Å². The predicted molar refractivity (Wildman–Crippen MR) is 51.4 cm³/mol. The van der Waals surface area contributed by atoms with E-state index in [1.807, 2.05) is 0 Å². The summed E-state index contributed by atoms with van der Waals surface area (Å²) in [4.78, 5) is 13.2. The normalized spacial score (nSPS) is 25.9. The minimum Gasteiger partial charge on any atom is -0.469 e. The highest BCUT2D eigenvalue weighted by atomic mass is 16.3. The Labute approximate surface area is 86.9 Å². The van der Waals surface area contributed by atoms with Crippen molar-refractivity contribution in [3.8, 4) is 0 Å². The second-order valence-electron chi connectivity index (χ2n) is 3.79. The van der Waals surface area contributed by atoms with Crippen LogP contribution in [-0.4, -0.2) is 46.3 Å². The van der Waals surface area contributed by atoms with Crippen LogP contribution >= 0.6 is 0 Å². The summed E-state index contributed by atoms with van der Waals surface area (Å²) >= 11 is 0. The fourth-order valence-corrected chi connectivity index (χ4v) is 1.67. The molecule has 0 unspecified atom stereocenters. The summed E-state index contributed by atoms with van der Waals surface area (Å²) in [5.74, 6) is 0.445. The average Bonchev–Trinajstić information content (AvgIpc) is 2.74. The van der Waals surface area contributed by atoms with Crippen molar-refractivity contribution < 1.29 is 19.4 Å². The van der Waals surface area contributed by atoms with Gasteiger partial charge >= 0.3 is 0 Å². The first-order chi connectivity index (χ1) is 7.08. The Hall–Kier alpha value is -1.33. The lowest BCUT2D eigenvalue weighted by Crippen LogP contribution is -2.29. The van der Waals surface area contributed by atoms with Crippen LogP contribution in [-0.2, 0) is 0 Å². The highest BCUT2D eigenvalue weighted by Crippen LogP contribution is 2.15. The zero-order chi connectivity index (χ0) is 11.0. The second kappa shape index (κ2) is 3.67. The zero-order valence-corrected chi connectivity index (χ0v) is 8.38. The van der Waals surface area contributed by atoms with E-state index in [2.05, 4.69) is 0 Å². The molecule has 1 aliphatic rings. The predicted octanol–water partition coefficient (Wildman–Crippen LogP) is -0.234. The van der Waals surface area contributed by atoms with Gasteiger partial charge in [0.2, 0.25) is 0 Å². The molecule has 0 saturated carbocycles. The monoisotopic (exact) mass is 211 g/mol. The number of hydrogen-bond donors (Lipinski definition) is 2. The van der Waals surface area contributed by atoms with Crippen molar-refractivity contribution in [1.29, 1.82) is 0 Å². The quantitative estimate of drug-likeness (QED) is 0.672. The molecular formula is C10H13NO4. The van der Waals surface area contributed by atoms with E-state index in [9.17, 15) is 15.0 Å². The summed E-state index contributed by atoms with van der Waals surface area (Å²) < 4.78 is 5.03. The maximum Gasteiger partial charge on any atom is 0.257 e. The van der Waals surface area contributed by atoms with Gasteiger partial charge in [0, 0.05) is 13.1 Å². The molecule has 2 N–H and O–H groups in total. The van der Waals surface area contributed by atoms with Crippen molar-refractivity contribution >= 4 is 5.91 Å². The minimum atomic E-state index is -0.845. The van der Waals surface area contributed by atoms with E-state index in [1.54, 1.807) is 13.0 Å². The lowest BCUT2D eigenvalue weighted by molar-refractivity contribution is 0.0572. The van der Waals surface area contributed by atoms with Crippen LogP contribution in [0.3, 0.4) is 0 Å². The molecule has 2 heterocycles. The van der Waals surface area contributed by atoms with Gasteiger partial charge in [-0.3, -0.25) is 4.79 Å². The molecule has 0 spiro atoms. The maximum atomic E-state index is 11.8. The minimum absolute atomic E-state index is 0.171. The average molecular weight is 211 g/mol. The number of likely N-dealkylation sites (tertiary alicyclic amines) is 1. The number of β-amino-alcohol motifs (C(OH)–C–C–N with tert-alkyl or cyclic N) is 2. The van der Waals surface area contributed by atoms with Gasteiger partial charge in [-0.25, -0.2) is 0 Å². The van der Waals surface area contributed by atoms with Gasteiger partial charge in [0.05, 0.1) is 17.8 Å². The molecule has 5 nitrogen and oxygen atoms in total. The fraction of sp³-hybridized carbons (Fsp3) is 0.500. The molecule has 5 heteroatoms. The number of aryl methyl sites for hydroxylation is 1. The van der Waals surface area contributed by atoms with E-state index >= 15 is 0 Å². The molecule has 2 atom stereocenters. The molecule has 1 amide bonds. The van der Waals surface area contributed by atoms with Crippen LogP contribution in [0.4, 0.5) is 0 Å². The number of carbonyl (C=O) groups is 1. The fourth-order valence-electron chi connectivity index (χ4n) is 1.67. The molecule has 2 rings (SSSR count). The maximum absolute atomic E-state index is 11.8. The molecule has 1 aromatic heterocycles. The Balaban J connectivity index is 2.10. The van der Waals surface area contributed by atoms with Crippen molar-refractivity contribution in [3.63, 3.8) is 0 Å². The summed E-state index contributed by atoms with van der Waals surface area (Å²) in [6, 6.07) is 1.64. The Morgan fingerprint density at radius 2 is 2.07 bits per heavy atom. The number of rotatable bonds is 1. The van der Waals surface area contributed by atoms with Crippen LogP contribution in [0.15, 0.2) is 16.7 Å². The molecule has 15 heavy (non-hydrogen) atoms. The summed E-state index contributed by atoms with van der Waals surface area (Å²) in [6.45, 7) is 2.10. The largest absolute Gasteiger partial charge is 0.469 e. The third-order valence-corrected chi connectivity index (χ3v) is 2.52. The van der Waals surface area contributed by atoms with Gasteiger partial charge in [-0.15, -0.1) is 0 Å². The van der Waals surface area contributed by atoms with E-state index in [4.69, 9.17) is 4.42 Å². The van der Waals surface area contributed by atoms with Gasteiger partial charge < -0.3 is 19.5 Å². The number of nitrogens with zero attached hydrogens (tertiary/aromatic N) is 1. The highest BCUT2D eigenvalue weighted by molar-refractivity contribution is 5.94. The van der Waals surface area contributed by atoms with Crippen LogP contribution in [0.25, 0.3) is 0 Å². The summed E-state index contributed by atoms with van der Waals surface area (Å²) in [7, 11) is 0. The van der Waals surface area contributed by atoms with Gasteiger partial charge in [-0.2, -0.15) is 0 Å². The second-order valence-corrected chi connectivity index (χ2v) is 3.79. The molecule has 1 fully saturated rings. The molecule has 1 saturated heterocycles. The van der Waals surface area contributed by atoms with Gasteiger partial charge in [-0.05, 0) is 13.0 Å². The lowest BCUT2D eigenvalue weighted by atomic mass is 10.3. The standard InChI is InChI=1S/C10H13NO4/c1-6-2-7(5-15-6)10(14)11-3-8(12)9(13)4-11/h2,5,8-9,12-13H,3-4H2,1H3/t8-,9+. The Morgan fingerprint density at radius 3 is 2.53 bits per heavy atom. The summed E-state index contributed by atoms with van der Waals surface area (Å²) in [5, 5.41) is 18.6. The Bertz CT molecular complexity index is 363. The third kappa shape index (κ3) is 1.88. The number of carbonyl (C=O) groups excluding carboxylic acids is 1. The van der Waals surface area contributed by atoms with E-state index < -0.39 is 12.2 Å². The molecule has 82 valence electrons. The summed E-state index contributed by atoms with van der Waals surface area (Å²) in [5.41, 5.74) is 0.453. The smallest absolute Gasteiger partial charge is 0.257 e. The molecule has 0 aromatic carbocycles. The third-order valence-electron chi connectivity index (χ3n) is 2.52. The van der Waals surface area contributed by atoms with Crippen molar-refractivity contribution in [2.45, 2.75) is 19.1 Å². The van der Waals surface area contributed by atoms with Crippen molar-refractivity contribution in [2.24, 2.45) is 0 Å². The molecule has 0 bridgehead atoms. The lowest BCUT2D eigenvalue weighted by Gasteiger charge is -2.13. The van der Waals surface area contributed by atoms with Crippen molar-refractivity contribution in [2.75, 3.05) is 13.1 Å². The molecular weight excluding hydrogens is 198 g/mol. The van der Waals surface area contributed by atoms with Gasteiger partial charge in [-0.1, -0.05) is 0 Å². The number of aliphatic hydroxyl groups is 2. The molecule has 0 radical (unpaired) electrons.